The Morgan fingerprint density at radius 1 is 1.21 bits per heavy atom. The van der Waals surface area contributed by atoms with E-state index >= 15 is 0 Å². The molecule has 0 amide bonds. The maximum atomic E-state index is 12.3. The number of nitrogens with zero attached hydrogens (tertiary/aromatic N) is 3. The fourth-order valence-electron chi connectivity index (χ4n) is 2.62. The molecule has 7 nitrogen and oxygen atoms in total. The summed E-state index contributed by atoms with van der Waals surface area (Å²) >= 11 is 0. The highest BCUT2D eigenvalue weighted by Gasteiger charge is 2.31. The molecule has 10 heteroatoms. The number of oxime groups is 1. The Labute approximate surface area is 157 Å². The molecule has 0 saturated heterocycles. The largest absolute Gasteiger partial charge is 0.573 e. The molecule has 0 spiro atoms. The third-order valence-electron chi connectivity index (χ3n) is 3.77. The van der Waals surface area contributed by atoms with Gasteiger partial charge in [0.15, 0.2) is 5.84 Å². The van der Waals surface area contributed by atoms with Crippen molar-refractivity contribution in [2.75, 3.05) is 12.4 Å². The van der Waals surface area contributed by atoms with Crippen molar-refractivity contribution in [3.05, 3.63) is 53.7 Å². The fourth-order valence-corrected chi connectivity index (χ4v) is 2.62. The lowest BCUT2D eigenvalue weighted by Crippen LogP contribution is -2.17. The summed E-state index contributed by atoms with van der Waals surface area (Å²) in [6.45, 7) is 0. The molecule has 0 bridgehead atoms. The van der Waals surface area contributed by atoms with Gasteiger partial charge in [0, 0.05) is 23.7 Å². The molecule has 0 saturated carbocycles. The van der Waals surface area contributed by atoms with Gasteiger partial charge in [0.05, 0.1) is 5.52 Å². The van der Waals surface area contributed by atoms with Crippen molar-refractivity contribution >= 4 is 28.7 Å². The van der Waals surface area contributed by atoms with E-state index < -0.39 is 6.36 Å². The van der Waals surface area contributed by atoms with Gasteiger partial charge in [0.25, 0.3) is 0 Å². The second-order valence-electron chi connectivity index (χ2n) is 5.69. The maximum absolute atomic E-state index is 12.3. The van der Waals surface area contributed by atoms with Gasteiger partial charge < -0.3 is 14.9 Å². The first kappa shape index (κ1) is 19.2. The number of carbonyl (C=O) groups is 1. The molecule has 28 heavy (non-hydrogen) atoms. The van der Waals surface area contributed by atoms with Crippen molar-refractivity contribution < 1.29 is 27.5 Å². The number of fused-ring (bicyclic) bond motifs is 1. The van der Waals surface area contributed by atoms with Gasteiger partial charge in [0.1, 0.15) is 24.8 Å². The van der Waals surface area contributed by atoms with Crippen LogP contribution in [0.5, 0.6) is 5.75 Å². The maximum Gasteiger partial charge on any atom is 0.573 e. The van der Waals surface area contributed by atoms with Crippen LogP contribution in [0.15, 0.2) is 47.6 Å². The summed E-state index contributed by atoms with van der Waals surface area (Å²) < 4.78 is 42.3. The normalized spacial score (nSPS) is 12.1. The lowest BCUT2D eigenvalue weighted by molar-refractivity contribution is -0.274. The number of alkyl halides is 3. The molecule has 0 aliphatic carbocycles. The molecule has 2 aromatic carbocycles. The predicted molar refractivity (Wildman–Crippen MR) is 96.4 cm³/mol. The van der Waals surface area contributed by atoms with E-state index in [0.29, 0.717) is 27.8 Å². The Bertz CT molecular complexity index is 1030. The number of carbonyl (C=O) groups excluding carboxylic acids is 1. The van der Waals surface area contributed by atoms with Gasteiger partial charge in [-0.2, -0.15) is 5.10 Å². The number of nitrogens with one attached hydrogen (secondary N) is 1. The van der Waals surface area contributed by atoms with Crippen LogP contribution < -0.4 is 10.1 Å². The summed E-state index contributed by atoms with van der Waals surface area (Å²) in [6.07, 6.45) is -4.02. The average molecular weight is 392 g/mol. The van der Waals surface area contributed by atoms with Crippen molar-refractivity contribution in [3.63, 3.8) is 0 Å². The van der Waals surface area contributed by atoms with Crippen LogP contribution in [0.1, 0.15) is 16.1 Å². The Hall–Kier alpha value is -3.56. The van der Waals surface area contributed by atoms with Gasteiger partial charge in [-0.25, -0.2) is 0 Å². The highest BCUT2D eigenvalue weighted by atomic mass is 19.4. The predicted octanol–water partition coefficient (Wildman–Crippen LogP) is 3.70. The summed E-state index contributed by atoms with van der Waals surface area (Å²) in [5.41, 5.74) is 2.11. The van der Waals surface area contributed by atoms with Crippen molar-refractivity contribution in [3.8, 4) is 5.75 Å². The molecular formula is C18H15F3N4O3. The molecule has 1 heterocycles. The van der Waals surface area contributed by atoms with Gasteiger partial charge >= 0.3 is 6.36 Å². The number of amidine groups is 1. The number of rotatable bonds is 5. The first-order valence-electron chi connectivity index (χ1n) is 7.97. The van der Waals surface area contributed by atoms with Crippen LogP contribution in [0.3, 0.4) is 0 Å². The number of aromatic nitrogens is 2. The Balaban J connectivity index is 1.92. The number of hydrogen-bond acceptors (Lipinski definition) is 5. The summed E-state index contributed by atoms with van der Waals surface area (Å²) in [5, 5.41) is 12.0. The third-order valence-corrected chi connectivity index (χ3v) is 3.77. The van der Waals surface area contributed by atoms with E-state index in [0.717, 1.165) is 6.29 Å². The van der Waals surface area contributed by atoms with Crippen LogP contribution in [0.4, 0.5) is 18.9 Å². The Morgan fingerprint density at radius 3 is 2.54 bits per heavy atom. The van der Waals surface area contributed by atoms with Gasteiger partial charge in [-0.1, -0.05) is 11.2 Å². The quantitative estimate of drug-likeness (QED) is 0.310. The molecule has 0 radical (unpaired) electrons. The van der Waals surface area contributed by atoms with Gasteiger partial charge in [-0.15, -0.1) is 13.2 Å². The lowest BCUT2D eigenvalue weighted by atomic mass is 10.1. The minimum Gasteiger partial charge on any atom is -0.406 e. The number of benzene rings is 2. The van der Waals surface area contributed by atoms with Gasteiger partial charge in [-0.3, -0.25) is 9.48 Å². The van der Waals surface area contributed by atoms with E-state index in [1.807, 2.05) is 0 Å². The average Bonchev–Trinajstić information content (AvgIpc) is 2.98. The molecule has 146 valence electrons. The topological polar surface area (TPSA) is 77.7 Å². The number of aryl methyl sites for hydroxylation is 1. The third kappa shape index (κ3) is 4.22. The zero-order valence-corrected chi connectivity index (χ0v) is 14.8. The summed E-state index contributed by atoms with van der Waals surface area (Å²) in [7, 11) is 3.08. The molecule has 0 aliphatic heterocycles. The molecule has 0 atom stereocenters. The van der Waals surface area contributed by atoms with E-state index in [4.69, 9.17) is 4.84 Å². The molecule has 3 aromatic rings. The molecule has 0 unspecified atom stereocenters. The number of hydrogen-bond donors (Lipinski definition) is 1. The monoisotopic (exact) mass is 392 g/mol. The lowest BCUT2D eigenvalue weighted by Gasteiger charge is -2.11. The van der Waals surface area contributed by atoms with Crippen LogP contribution >= 0.6 is 0 Å². The van der Waals surface area contributed by atoms with E-state index in [1.165, 1.54) is 31.4 Å². The highest BCUT2D eigenvalue weighted by molar-refractivity contribution is 6.14. The SMILES string of the molecule is CO/N=C(\Nc1ccc(OC(F)(F)F)cc1)c1nn(C)c2cc(C=O)ccc12. The minimum atomic E-state index is -4.76. The Kier molecular flexibility index (Phi) is 5.21. The van der Waals surface area contributed by atoms with E-state index in [9.17, 15) is 18.0 Å². The first-order valence-corrected chi connectivity index (χ1v) is 7.97. The van der Waals surface area contributed by atoms with Crippen molar-refractivity contribution in [1.82, 2.24) is 9.78 Å². The van der Waals surface area contributed by atoms with Crippen molar-refractivity contribution in [2.45, 2.75) is 6.36 Å². The molecule has 0 fully saturated rings. The molecule has 1 N–H and O–H groups in total. The summed E-state index contributed by atoms with van der Waals surface area (Å²) in [5.74, 6) is -0.0931. The van der Waals surface area contributed by atoms with Gasteiger partial charge in [-0.05, 0) is 36.4 Å². The smallest absolute Gasteiger partial charge is 0.406 e. The zero-order valence-electron chi connectivity index (χ0n) is 14.8. The van der Waals surface area contributed by atoms with Crippen molar-refractivity contribution in [2.24, 2.45) is 12.2 Å². The van der Waals surface area contributed by atoms with Crippen LogP contribution in [0.2, 0.25) is 0 Å². The highest BCUT2D eigenvalue weighted by Crippen LogP contribution is 2.25. The van der Waals surface area contributed by atoms with Gasteiger partial charge in [0.2, 0.25) is 0 Å². The van der Waals surface area contributed by atoms with Crippen LogP contribution in [-0.4, -0.2) is 35.4 Å². The zero-order chi connectivity index (χ0) is 20.3. The molecular weight excluding hydrogens is 377 g/mol. The number of aldehydes is 1. The van der Waals surface area contributed by atoms with Crippen LogP contribution in [0.25, 0.3) is 10.9 Å². The second kappa shape index (κ2) is 7.59. The molecule has 0 aliphatic rings. The second-order valence-corrected chi connectivity index (χ2v) is 5.69. The number of ether oxygens (including phenoxy) is 1. The van der Waals surface area contributed by atoms with Crippen molar-refractivity contribution in [1.29, 1.82) is 0 Å². The number of anilines is 1. The fraction of sp³-hybridized carbons (Fsp3) is 0.167. The first-order chi connectivity index (χ1) is 13.3. The number of halogens is 3. The molecule has 3 rings (SSSR count). The molecule has 1 aromatic heterocycles. The van der Waals surface area contributed by atoms with Crippen LogP contribution in [0, 0.1) is 0 Å². The van der Waals surface area contributed by atoms with E-state index in [2.05, 4.69) is 20.3 Å². The summed E-state index contributed by atoms with van der Waals surface area (Å²) in [6, 6.07) is 10.2. The Morgan fingerprint density at radius 2 is 1.93 bits per heavy atom. The standard InChI is InChI=1S/C18H15F3N4O3/c1-25-15-9-11(10-26)3-8-14(15)16(23-25)17(24-27-2)22-12-4-6-13(7-5-12)28-18(19,20)21/h3-10H,1-2H3,(H,22,24). The van der Waals surface area contributed by atoms with Crippen LogP contribution in [-0.2, 0) is 11.9 Å². The van der Waals surface area contributed by atoms with E-state index in [-0.39, 0.29) is 11.6 Å². The minimum absolute atomic E-state index is 0.247. The summed E-state index contributed by atoms with van der Waals surface area (Å²) in [4.78, 5) is 15.9. The van der Waals surface area contributed by atoms with E-state index in [1.54, 1.807) is 29.9 Å².